The van der Waals surface area contributed by atoms with E-state index < -0.39 is 34.0 Å². The fourth-order valence-corrected chi connectivity index (χ4v) is 4.02. The van der Waals surface area contributed by atoms with Crippen LogP contribution in [0.3, 0.4) is 0 Å². The van der Waals surface area contributed by atoms with Crippen molar-refractivity contribution < 1.29 is 27.5 Å². The lowest BCUT2D eigenvalue weighted by Gasteiger charge is -2.23. The highest BCUT2D eigenvalue weighted by Gasteiger charge is 2.25. The maximum atomic E-state index is 13.0. The Hall–Kier alpha value is -3.40. The number of carbonyl (C=O) groups is 3. The summed E-state index contributed by atoms with van der Waals surface area (Å²) in [7, 11) is -3.94. The Morgan fingerprint density at radius 2 is 1.76 bits per heavy atom. The van der Waals surface area contributed by atoms with Crippen LogP contribution in [0.15, 0.2) is 59.5 Å². The van der Waals surface area contributed by atoms with Crippen molar-refractivity contribution in [1.82, 2.24) is 5.32 Å². The summed E-state index contributed by atoms with van der Waals surface area (Å²) in [6.45, 7) is 3.14. The molecule has 0 fully saturated rings. The molecule has 2 rings (SSSR count). The van der Waals surface area contributed by atoms with Gasteiger partial charge >= 0.3 is 12.0 Å². The zero-order valence-electron chi connectivity index (χ0n) is 15.9. The SMILES string of the molecule is CCN(c1ccccc1)S(=O)(=O)c1cccc(C(=O)OC(C)C(=O)NC(N)=O)c1. The highest BCUT2D eigenvalue weighted by molar-refractivity contribution is 7.92. The monoisotopic (exact) mass is 419 g/mol. The van der Waals surface area contributed by atoms with Gasteiger partial charge in [-0.1, -0.05) is 24.3 Å². The molecule has 0 aliphatic carbocycles. The molecule has 1 unspecified atom stereocenters. The molecule has 3 N–H and O–H groups in total. The topological polar surface area (TPSA) is 136 Å². The summed E-state index contributed by atoms with van der Waals surface area (Å²) in [6, 6.07) is 12.8. The zero-order valence-corrected chi connectivity index (χ0v) is 16.7. The molecule has 0 heterocycles. The van der Waals surface area contributed by atoms with E-state index in [-0.39, 0.29) is 17.0 Å². The summed E-state index contributed by atoms with van der Waals surface area (Å²) in [5, 5.41) is 1.80. The summed E-state index contributed by atoms with van der Waals surface area (Å²) < 4.78 is 32.3. The molecule has 10 heteroatoms. The first-order valence-electron chi connectivity index (χ1n) is 8.66. The van der Waals surface area contributed by atoms with Crippen LogP contribution in [0.25, 0.3) is 0 Å². The number of carbonyl (C=O) groups excluding carboxylic acids is 3. The fourth-order valence-electron chi connectivity index (χ4n) is 2.50. The molecule has 0 bridgehead atoms. The minimum absolute atomic E-state index is 0.0612. The van der Waals surface area contributed by atoms with Gasteiger partial charge in [-0.2, -0.15) is 0 Å². The lowest BCUT2D eigenvalue weighted by atomic mass is 10.2. The Balaban J connectivity index is 2.27. The van der Waals surface area contributed by atoms with E-state index in [1.54, 1.807) is 42.6 Å². The quantitative estimate of drug-likeness (QED) is 0.655. The third kappa shape index (κ3) is 5.32. The Kier molecular flexibility index (Phi) is 6.94. The van der Waals surface area contributed by atoms with Crippen molar-refractivity contribution in [2.45, 2.75) is 24.8 Å². The van der Waals surface area contributed by atoms with Crippen molar-refractivity contribution in [1.29, 1.82) is 0 Å². The number of anilines is 1. The van der Waals surface area contributed by atoms with Crippen LogP contribution in [0.5, 0.6) is 0 Å². The van der Waals surface area contributed by atoms with Crippen LogP contribution in [0.4, 0.5) is 10.5 Å². The average Bonchev–Trinajstić information content (AvgIpc) is 2.68. The molecule has 0 spiro atoms. The molecule has 0 radical (unpaired) electrons. The van der Waals surface area contributed by atoms with E-state index in [1.165, 1.54) is 35.5 Å². The number of ether oxygens (including phenoxy) is 1. The third-order valence-electron chi connectivity index (χ3n) is 3.89. The van der Waals surface area contributed by atoms with Gasteiger partial charge in [-0.3, -0.25) is 14.4 Å². The summed E-state index contributed by atoms with van der Waals surface area (Å²) in [6.07, 6.45) is -1.30. The van der Waals surface area contributed by atoms with Crippen molar-refractivity contribution in [2.24, 2.45) is 5.73 Å². The van der Waals surface area contributed by atoms with E-state index in [1.807, 2.05) is 0 Å². The predicted octanol–water partition coefficient (Wildman–Crippen LogP) is 1.64. The number of benzene rings is 2. The third-order valence-corrected chi connectivity index (χ3v) is 5.79. The minimum Gasteiger partial charge on any atom is -0.449 e. The summed E-state index contributed by atoms with van der Waals surface area (Å²) in [4.78, 5) is 34.6. The minimum atomic E-state index is -3.94. The van der Waals surface area contributed by atoms with Crippen LogP contribution in [0.2, 0.25) is 0 Å². The van der Waals surface area contributed by atoms with Gasteiger partial charge in [0.1, 0.15) is 0 Å². The molecule has 0 aliphatic rings. The smallest absolute Gasteiger partial charge is 0.338 e. The normalized spacial score (nSPS) is 11.9. The standard InChI is InChI=1S/C19H21N3O6S/c1-3-22(15-9-5-4-6-10-15)29(26,27)16-11-7-8-14(12-16)18(24)28-13(2)17(23)21-19(20)25/h4-13H,3H2,1-2H3,(H3,20,21,23,25). The van der Waals surface area contributed by atoms with Crippen LogP contribution in [-0.4, -0.2) is 39.0 Å². The Morgan fingerprint density at radius 3 is 2.34 bits per heavy atom. The summed E-state index contributed by atoms with van der Waals surface area (Å²) in [5.41, 5.74) is 5.27. The summed E-state index contributed by atoms with van der Waals surface area (Å²) in [5.74, 6) is -1.81. The lowest BCUT2D eigenvalue weighted by molar-refractivity contribution is -0.127. The number of nitrogens with one attached hydrogen (secondary N) is 1. The van der Waals surface area contributed by atoms with Gasteiger partial charge < -0.3 is 10.5 Å². The number of para-hydroxylation sites is 1. The molecular weight excluding hydrogens is 398 g/mol. The first-order chi connectivity index (χ1) is 13.7. The molecule has 2 aromatic rings. The first kappa shape index (κ1) is 21.9. The highest BCUT2D eigenvalue weighted by atomic mass is 32.2. The summed E-state index contributed by atoms with van der Waals surface area (Å²) >= 11 is 0. The number of imide groups is 1. The number of hydrogen-bond acceptors (Lipinski definition) is 6. The van der Waals surface area contributed by atoms with Gasteiger partial charge in [0.2, 0.25) is 0 Å². The van der Waals surface area contributed by atoms with Gasteiger partial charge in [0.15, 0.2) is 6.10 Å². The number of hydrogen-bond donors (Lipinski definition) is 2. The average molecular weight is 419 g/mol. The van der Waals surface area contributed by atoms with E-state index in [0.717, 1.165) is 0 Å². The molecule has 0 saturated heterocycles. The Labute approximate surface area is 168 Å². The van der Waals surface area contributed by atoms with E-state index in [9.17, 15) is 22.8 Å². The Morgan fingerprint density at radius 1 is 1.10 bits per heavy atom. The van der Waals surface area contributed by atoms with Crippen molar-refractivity contribution in [3.05, 3.63) is 60.2 Å². The van der Waals surface area contributed by atoms with Crippen LogP contribution < -0.4 is 15.4 Å². The maximum absolute atomic E-state index is 13.0. The number of amides is 3. The molecule has 0 aromatic heterocycles. The number of nitrogens with zero attached hydrogens (tertiary/aromatic N) is 1. The first-order valence-corrected chi connectivity index (χ1v) is 10.1. The molecular formula is C19H21N3O6S. The van der Waals surface area contributed by atoms with Crippen LogP contribution in [0, 0.1) is 0 Å². The second-order valence-electron chi connectivity index (χ2n) is 5.93. The van der Waals surface area contributed by atoms with E-state index in [4.69, 9.17) is 10.5 Å². The molecule has 0 saturated carbocycles. The van der Waals surface area contributed by atoms with Crippen LogP contribution in [0.1, 0.15) is 24.2 Å². The van der Waals surface area contributed by atoms with Crippen molar-refractivity contribution in [3.63, 3.8) is 0 Å². The predicted molar refractivity (Wildman–Crippen MR) is 106 cm³/mol. The number of nitrogens with two attached hydrogens (primary N) is 1. The number of sulfonamides is 1. The largest absolute Gasteiger partial charge is 0.449 e. The van der Waals surface area contributed by atoms with E-state index in [0.29, 0.717) is 5.69 Å². The lowest BCUT2D eigenvalue weighted by Crippen LogP contribution is -2.42. The molecule has 9 nitrogen and oxygen atoms in total. The molecule has 3 amide bonds. The number of urea groups is 1. The number of primary amides is 1. The van der Waals surface area contributed by atoms with Gasteiger partial charge in [0.25, 0.3) is 15.9 Å². The van der Waals surface area contributed by atoms with Crippen molar-refractivity contribution in [2.75, 3.05) is 10.8 Å². The van der Waals surface area contributed by atoms with E-state index in [2.05, 4.69) is 0 Å². The second kappa shape index (κ2) is 9.20. The Bertz CT molecular complexity index is 1010. The van der Waals surface area contributed by atoms with E-state index >= 15 is 0 Å². The van der Waals surface area contributed by atoms with Crippen LogP contribution >= 0.6 is 0 Å². The molecule has 0 aliphatic heterocycles. The maximum Gasteiger partial charge on any atom is 0.338 e. The highest BCUT2D eigenvalue weighted by Crippen LogP contribution is 2.24. The second-order valence-corrected chi connectivity index (χ2v) is 7.80. The molecule has 154 valence electrons. The molecule has 1 atom stereocenters. The number of esters is 1. The van der Waals surface area contributed by atoms with Gasteiger partial charge in [-0.25, -0.2) is 18.0 Å². The molecule has 29 heavy (non-hydrogen) atoms. The molecule has 2 aromatic carbocycles. The van der Waals surface area contributed by atoms with Gasteiger partial charge in [0, 0.05) is 6.54 Å². The zero-order chi connectivity index (χ0) is 21.6. The van der Waals surface area contributed by atoms with Crippen LogP contribution in [-0.2, 0) is 19.6 Å². The van der Waals surface area contributed by atoms with Gasteiger partial charge in [-0.05, 0) is 44.2 Å². The fraction of sp³-hybridized carbons (Fsp3) is 0.211. The number of rotatable bonds is 7. The van der Waals surface area contributed by atoms with Crippen molar-refractivity contribution >= 4 is 33.6 Å². The van der Waals surface area contributed by atoms with Gasteiger partial charge in [0.05, 0.1) is 16.1 Å². The van der Waals surface area contributed by atoms with Gasteiger partial charge in [-0.15, -0.1) is 0 Å². The van der Waals surface area contributed by atoms with Crippen molar-refractivity contribution in [3.8, 4) is 0 Å².